The molecule has 8 heteroatoms. The van der Waals surface area contributed by atoms with Crippen molar-refractivity contribution in [3.8, 4) is 5.75 Å². The number of aromatic nitrogens is 4. The Bertz CT molecular complexity index is 951. The molecule has 1 aliphatic rings. The first-order valence-electron chi connectivity index (χ1n) is 10.9. The average Bonchev–Trinajstić information content (AvgIpc) is 3.25. The van der Waals surface area contributed by atoms with Crippen LogP contribution in [0.3, 0.4) is 0 Å². The number of tetrazole rings is 1. The molecule has 2 heterocycles. The smallest absolute Gasteiger partial charge is 0.173 e. The van der Waals surface area contributed by atoms with Crippen LogP contribution >= 0.6 is 0 Å². The Morgan fingerprint density at radius 3 is 2.32 bits per heavy atom. The van der Waals surface area contributed by atoms with Gasteiger partial charge in [0.2, 0.25) is 0 Å². The molecule has 1 aliphatic heterocycles. The van der Waals surface area contributed by atoms with Gasteiger partial charge >= 0.3 is 0 Å². The maximum atomic E-state index is 13.3. The van der Waals surface area contributed by atoms with Crippen LogP contribution in [-0.2, 0) is 6.54 Å². The molecule has 3 aromatic rings. The first-order valence-corrected chi connectivity index (χ1v) is 10.9. The fraction of sp³-hybridized carbons (Fsp3) is 0.435. The molecule has 1 fully saturated rings. The van der Waals surface area contributed by atoms with Crippen molar-refractivity contribution in [3.05, 3.63) is 71.3 Å². The first-order chi connectivity index (χ1) is 15.2. The molecule has 0 amide bonds. The maximum absolute atomic E-state index is 13.3. The van der Waals surface area contributed by atoms with Crippen LogP contribution in [0.1, 0.15) is 36.8 Å². The van der Waals surface area contributed by atoms with E-state index in [2.05, 4.69) is 44.4 Å². The normalized spacial score (nSPS) is 16.4. The maximum Gasteiger partial charge on any atom is 0.173 e. The Kier molecular flexibility index (Phi) is 6.89. The zero-order valence-corrected chi connectivity index (χ0v) is 18.1. The van der Waals surface area contributed by atoms with Gasteiger partial charge in [0, 0.05) is 26.2 Å². The van der Waals surface area contributed by atoms with Gasteiger partial charge < -0.3 is 9.64 Å². The molecule has 0 unspecified atom stereocenters. The van der Waals surface area contributed by atoms with E-state index in [9.17, 15) is 4.39 Å². The third-order valence-corrected chi connectivity index (χ3v) is 5.78. The number of nitrogens with zero attached hydrogens (tertiary/aromatic N) is 6. The van der Waals surface area contributed by atoms with Crippen LogP contribution in [0.5, 0.6) is 5.75 Å². The fourth-order valence-corrected chi connectivity index (χ4v) is 4.06. The van der Waals surface area contributed by atoms with E-state index in [1.807, 2.05) is 23.7 Å². The Morgan fingerprint density at radius 2 is 1.68 bits per heavy atom. The molecule has 1 aromatic heterocycles. The van der Waals surface area contributed by atoms with E-state index in [-0.39, 0.29) is 11.9 Å². The second-order valence-electron chi connectivity index (χ2n) is 7.70. The summed E-state index contributed by atoms with van der Waals surface area (Å²) in [6.07, 6.45) is 0. The van der Waals surface area contributed by atoms with Crippen molar-refractivity contribution in [2.24, 2.45) is 0 Å². The van der Waals surface area contributed by atoms with Crippen molar-refractivity contribution in [1.82, 2.24) is 30.0 Å². The SMILES string of the molecule is CCOc1ccc([C@H](c2nnnn2Cc2ccc(F)cc2)N2CCN(CC)CC2)cc1. The Balaban J connectivity index is 1.64. The molecule has 0 saturated carbocycles. The summed E-state index contributed by atoms with van der Waals surface area (Å²) >= 11 is 0. The van der Waals surface area contributed by atoms with Gasteiger partial charge in [-0.25, -0.2) is 9.07 Å². The molecule has 7 nitrogen and oxygen atoms in total. The highest BCUT2D eigenvalue weighted by Crippen LogP contribution is 2.29. The summed E-state index contributed by atoms with van der Waals surface area (Å²) in [5.74, 6) is 1.40. The minimum absolute atomic E-state index is 0.0647. The highest BCUT2D eigenvalue weighted by Gasteiger charge is 2.30. The van der Waals surface area contributed by atoms with E-state index in [4.69, 9.17) is 4.74 Å². The van der Waals surface area contributed by atoms with Crippen LogP contribution in [-0.4, -0.2) is 69.3 Å². The molecule has 164 valence electrons. The van der Waals surface area contributed by atoms with E-state index in [0.29, 0.717) is 13.2 Å². The molecule has 4 rings (SSSR count). The Hall–Kier alpha value is -2.84. The fourth-order valence-electron chi connectivity index (χ4n) is 4.06. The van der Waals surface area contributed by atoms with Gasteiger partial charge in [0.15, 0.2) is 5.82 Å². The molecule has 1 atom stereocenters. The summed E-state index contributed by atoms with van der Waals surface area (Å²) in [5.41, 5.74) is 2.08. The van der Waals surface area contributed by atoms with Crippen LogP contribution in [0, 0.1) is 5.82 Å². The van der Waals surface area contributed by atoms with E-state index >= 15 is 0 Å². The van der Waals surface area contributed by atoms with E-state index in [1.165, 1.54) is 12.1 Å². The van der Waals surface area contributed by atoms with E-state index in [0.717, 1.165) is 55.4 Å². The topological polar surface area (TPSA) is 59.3 Å². The largest absolute Gasteiger partial charge is 0.494 e. The molecule has 2 aromatic carbocycles. The standard InChI is InChI=1S/C23H29FN6O/c1-3-28-13-15-29(16-14-28)22(19-7-11-21(12-8-19)31-4-2)23-25-26-27-30(23)17-18-5-9-20(24)10-6-18/h5-12,22H,3-4,13-17H2,1-2H3/t22-/m1/s1. The summed E-state index contributed by atoms with van der Waals surface area (Å²) in [4.78, 5) is 4.89. The van der Waals surface area contributed by atoms with Crippen molar-refractivity contribution in [2.45, 2.75) is 26.4 Å². The van der Waals surface area contributed by atoms with Gasteiger partial charge in [-0.3, -0.25) is 4.90 Å². The number of likely N-dealkylation sites (N-methyl/N-ethyl adjacent to an activating group) is 1. The lowest BCUT2D eigenvalue weighted by molar-refractivity contribution is 0.108. The second-order valence-corrected chi connectivity index (χ2v) is 7.70. The summed E-state index contributed by atoms with van der Waals surface area (Å²) < 4.78 is 20.8. The summed E-state index contributed by atoms with van der Waals surface area (Å²) in [7, 11) is 0. The van der Waals surface area contributed by atoms with Crippen LogP contribution < -0.4 is 4.74 Å². The molecule has 0 N–H and O–H groups in total. The number of ether oxygens (including phenoxy) is 1. The van der Waals surface area contributed by atoms with Gasteiger partial charge in [-0.1, -0.05) is 31.2 Å². The molecule has 0 spiro atoms. The number of benzene rings is 2. The molecular formula is C23H29FN6O. The van der Waals surface area contributed by atoms with Crippen LogP contribution in [0.15, 0.2) is 48.5 Å². The average molecular weight is 425 g/mol. The zero-order chi connectivity index (χ0) is 21.6. The second kappa shape index (κ2) is 9.98. The minimum atomic E-state index is -0.248. The third-order valence-electron chi connectivity index (χ3n) is 5.78. The van der Waals surface area contributed by atoms with Crippen molar-refractivity contribution < 1.29 is 9.13 Å². The van der Waals surface area contributed by atoms with E-state index < -0.39 is 0 Å². The first kappa shape index (κ1) is 21.4. The van der Waals surface area contributed by atoms with Gasteiger partial charge in [-0.05, 0) is 59.3 Å². The van der Waals surface area contributed by atoms with Crippen LogP contribution in [0.2, 0.25) is 0 Å². The Labute approximate surface area is 182 Å². The third kappa shape index (κ3) is 5.08. The van der Waals surface area contributed by atoms with Gasteiger partial charge in [-0.15, -0.1) is 5.10 Å². The molecule has 31 heavy (non-hydrogen) atoms. The molecule has 1 saturated heterocycles. The van der Waals surface area contributed by atoms with Gasteiger partial charge in [0.25, 0.3) is 0 Å². The van der Waals surface area contributed by atoms with E-state index in [1.54, 1.807) is 12.1 Å². The van der Waals surface area contributed by atoms with Gasteiger partial charge in [-0.2, -0.15) is 0 Å². The highest BCUT2D eigenvalue weighted by molar-refractivity contribution is 5.32. The van der Waals surface area contributed by atoms with Crippen molar-refractivity contribution >= 4 is 0 Å². The zero-order valence-electron chi connectivity index (χ0n) is 18.1. The lowest BCUT2D eigenvalue weighted by Crippen LogP contribution is -2.48. The quantitative estimate of drug-likeness (QED) is 0.554. The molecule has 0 aliphatic carbocycles. The lowest BCUT2D eigenvalue weighted by Gasteiger charge is -2.38. The Morgan fingerprint density at radius 1 is 0.968 bits per heavy atom. The van der Waals surface area contributed by atoms with Gasteiger partial charge in [0.1, 0.15) is 11.6 Å². The number of piperazine rings is 1. The predicted molar refractivity (Wildman–Crippen MR) is 116 cm³/mol. The summed E-state index contributed by atoms with van der Waals surface area (Å²) in [5, 5.41) is 12.7. The summed E-state index contributed by atoms with van der Waals surface area (Å²) in [6.45, 7) is 10.3. The van der Waals surface area contributed by atoms with Crippen molar-refractivity contribution in [1.29, 1.82) is 0 Å². The van der Waals surface area contributed by atoms with Crippen molar-refractivity contribution in [2.75, 3.05) is 39.3 Å². The number of halogens is 1. The summed E-state index contributed by atoms with van der Waals surface area (Å²) in [6, 6.07) is 14.6. The molecule has 0 bridgehead atoms. The van der Waals surface area contributed by atoms with Crippen LogP contribution in [0.4, 0.5) is 4.39 Å². The molecular weight excluding hydrogens is 395 g/mol. The minimum Gasteiger partial charge on any atom is -0.494 e. The van der Waals surface area contributed by atoms with Crippen LogP contribution in [0.25, 0.3) is 0 Å². The highest BCUT2D eigenvalue weighted by atomic mass is 19.1. The predicted octanol–water partition coefficient (Wildman–Crippen LogP) is 2.99. The van der Waals surface area contributed by atoms with Crippen molar-refractivity contribution in [3.63, 3.8) is 0 Å². The number of hydrogen-bond donors (Lipinski definition) is 0. The lowest BCUT2D eigenvalue weighted by atomic mass is 10.0. The monoisotopic (exact) mass is 424 g/mol. The number of hydrogen-bond acceptors (Lipinski definition) is 6. The number of rotatable bonds is 8. The molecule has 0 radical (unpaired) electrons. The van der Waals surface area contributed by atoms with Gasteiger partial charge in [0.05, 0.1) is 19.2 Å².